The van der Waals surface area contributed by atoms with E-state index < -0.39 is 0 Å². The van der Waals surface area contributed by atoms with E-state index in [0.717, 1.165) is 25.3 Å². The highest BCUT2D eigenvalue weighted by molar-refractivity contribution is 5.18. The maximum atomic E-state index is 6.48. The Morgan fingerprint density at radius 2 is 1.54 bits per heavy atom. The summed E-state index contributed by atoms with van der Waals surface area (Å²) in [7, 11) is 0. The summed E-state index contributed by atoms with van der Waals surface area (Å²) in [6, 6.07) is 0. The summed E-state index contributed by atoms with van der Waals surface area (Å²) in [5.74, 6) is 0.582. The first-order valence-corrected chi connectivity index (χ1v) is 10.7. The van der Waals surface area contributed by atoms with Crippen LogP contribution in [0.25, 0.3) is 0 Å². The average molecular weight is 395 g/mol. The van der Waals surface area contributed by atoms with Crippen LogP contribution in [0.3, 0.4) is 0 Å². The normalized spacial score (nSPS) is 14.8. The number of rotatable bonds is 10. The molecule has 5 nitrogen and oxygen atoms in total. The number of ether oxygens (including phenoxy) is 1. The van der Waals surface area contributed by atoms with Crippen molar-refractivity contribution >= 4 is 0 Å². The Hall–Kier alpha value is -0.940. The van der Waals surface area contributed by atoms with Crippen molar-refractivity contribution in [2.45, 2.75) is 113 Å². The highest BCUT2D eigenvalue weighted by Gasteiger charge is 2.48. The summed E-state index contributed by atoms with van der Waals surface area (Å²) in [6.07, 6.45) is 2.96. The fraction of sp³-hybridized carbons (Fsp3) is 0.913. The fourth-order valence-corrected chi connectivity index (χ4v) is 2.82. The van der Waals surface area contributed by atoms with Gasteiger partial charge < -0.3 is 10.5 Å². The number of aromatic nitrogens is 3. The van der Waals surface area contributed by atoms with Gasteiger partial charge in [-0.3, -0.25) is 4.68 Å². The van der Waals surface area contributed by atoms with E-state index in [-0.39, 0.29) is 27.4 Å². The van der Waals surface area contributed by atoms with Crippen molar-refractivity contribution in [1.29, 1.82) is 0 Å². The van der Waals surface area contributed by atoms with Crippen molar-refractivity contribution in [3.05, 3.63) is 11.9 Å². The second kappa shape index (κ2) is 8.06. The van der Waals surface area contributed by atoms with Gasteiger partial charge in [-0.2, -0.15) is 0 Å². The molecule has 0 aliphatic rings. The zero-order valence-electron chi connectivity index (χ0n) is 20.6. The van der Waals surface area contributed by atoms with Crippen molar-refractivity contribution in [2.24, 2.45) is 22.5 Å². The highest BCUT2D eigenvalue weighted by atomic mass is 16.5. The predicted octanol–water partition coefficient (Wildman–Crippen LogP) is 5.19. The van der Waals surface area contributed by atoms with Gasteiger partial charge in [-0.05, 0) is 50.9 Å². The summed E-state index contributed by atoms with van der Waals surface area (Å²) in [5, 5.41) is 8.88. The van der Waals surface area contributed by atoms with Crippen LogP contribution in [0.2, 0.25) is 0 Å². The molecule has 0 saturated heterocycles. The SMILES string of the molecule is CC(C)C(C)(C)COC(C)(C)CCn1cc(C(C)(C)C(C)(C)C(C)(C)N)nn1. The maximum Gasteiger partial charge on any atom is 0.0889 e. The lowest BCUT2D eigenvalue weighted by molar-refractivity contribution is -0.0719. The summed E-state index contributed by atoms with van der Waals surface area (Å²) in [6.45, 7) is 27.9. The number of aryl methyl sites for hydroxylation is 1. The lowest BCUT2D eigenvalue weighted by Crippen LogP contribution is -2.56. The Balaban J connectivity index is 2.80. The van der Waals surface area contributed by atoms with Gasteiger partial charge in [0.15, 0.2) is 0 Å². The smallest absolute Gasteiger partial charge is 0.0889 e. The third-order valence-corrected chi connectivity index (χ3v) is 7.69. The summed E-state index contributed by atoms with van der Waals surface area (Å²) < 4.78 is 8.21. The Labute approximate surface area is 173 Å². The van der Waals surface area contributed by atoms with Gasteiger partial charge in [0.05, 0.1) is 17.9 Å². The van der Waals surface area contributed by atoms with Gasteiger partial charge in [-0.25, -0.2) is 0 Å². The van der Waals surface area contributed by atoms with Gasteiger partial charge in [-0.15, -0.1) is 5.10 Å². The molecule has 2 N–H and O–H groups in total. The molecule has 0 aliphatic carbocycles. The minimum absolute atomic E-state index is 0.147. The van der Waals surface area contributed by atoms with Crippen LogP contribution in [-0.4, -0.2) is 32.7 Å². The Bertz CT molecular complexity index is 633. The van der Waals surface area contributed by atoms with Crippen molar-refractivity contribution < 1.29 is 4.74 Å². The summed E-state index contributed by atoms with van der Waals surface area (Å²) >= 11 is 0. The number of nitrogens with two attached hydrogens (primary N) is 1. The minimum Gasteiger partial charge on any atom is -0.375 e. The van der Waals surface area contributed by atoms with Gasteiger partial charge in [-0.1, -0.05) is 60.6 Å². The van der Waals surface area contributed by atoms with Crippen molar-refractivity contribution in [3.63, 3.8) is 0 Å². The first-order valence-electron chi connectivity index (χ1n) is 10.7. The lowest BCUT2D eigenvalue weighted by atomic mass is 9.58. The summed E-state index contributed by atoms with van der Waals surface area (Å²) in [5.41, 5.74) is 6.75. The highest BCUT2D eigenvalue weighted by Crippen LogP contribution is 2.46. The number of hydrogen-bond acceptors (Lipinski definition) is 4. The van der Waals surface area contributed by atoms with E-state index in [2.05, 4.69) is 99.6 Å². The second-order valence-corrected chi connectivity index (χ2v) is 11.8. The maximum absolute atomic E-state index is 6.48. The topological polar surface area (TPSA) is 66.0 Å². The van der Waals surface area contributed by atoms with Crippen molar-refractivity contribution in [3.8, 4) is 0 Å². The quantitative estimate of drug-likeness (QED) is 0.593. The molecule has 1 rings (SSSR count). The molecule has 0 radical (unpaired) electrons. The largest absolute Gasteiger partial charge is 0.375 e. The number of nitrogens with zero attached hydrogens (tertiary/aromatic N) is 3. The van der Waals surface area contributed by atoms with Crippen LogP contribution in [0.15, 0.2) is 6.20 Å². The molecule has 0 amide bonds. The van der Waals surface area contributed by atoms with Crippen LogP contribution in [0.5, 0.6) is 0 Å². The minimum atomic E-state index is -0.334. The average Bonchev–Trinajstić information content (AvgIpc) is 3.00. The van der Waals surface area contributed by atoms with Crippen LogP contribution < -0.4 is 5.73 Å². The molecular formula is C23H46N4O. The molecule has 1 aromatic heterocycles. The standard InChI is InChI=1S/C23H46N4O/c1-17(2)19(3,4)16-28-20(5,6)13-14-27-15-18(25-26-27)21(7,8)22(9,10)23(11,12)24/h15,17H,13-14,16,24H2,1-12H3. The van der Waals surface area contributed by atoms with E-state index in [1.54, 1.807) is 0 Å². The fourth-order valence-electron chi connectivity index (χ4n) is 2.82. The molecule has 1 aromatic rings. The van der Waals surface area contributed by atoms with Gasteiger partial charge >= 0.3 is 0 Å². The molecule has 0 atom stereocenters. The zero-order valence-corrected chi connectivity index (χ0v) is 20.6. The Morgan fingerprint density at radius 3 is 2.00 bits per heavy atom. The third kappa shape index (κ3) is 5.56. The third-order valence-electron chi connectivity index (χ3n) is 7.69. The van der Waals surface area contributed by atoms with Crippen LogP contribution in [0.4, 0.5) is 0 Å². The summed E-state index contributed by atoms with van der Waals surface area (Å²) in [4.78, 5) is 0. The molecule has 0 saturated carbocycles. The molecule has 0 fully saturated rings. The number of hydrogen-bond donors (Lipinski definition) is 1. The van der Waals surface area contributed by atoms with Crippen molar-refractivity contribution in [1.82, 2.24) is 15.0 Å². The molecule has 0 spiro atoms. The van der Waals surface area contributed by atoms with Gasteiger partial charge in [0, 0.05) is 23.7 Å². The molecule has 1 heterocycles. The van der Waals surface area contributed by atoms with Crippen molar-refractivity contribution in [2.75, 3.05) is 6.61 Å². The molecule has 164 valence electrons. The van der Waals surface area contributed by atoms with Crippen LogP contribution in [0.1, 0.15) is 95.2 Å². The van der Waals surface area contributed by atoms with E-state index in [0.29, 0.717) is 5.92 Å². The van der Waals surface area contributed by atoms with E-state index in [9.17, 15) is 0 Å². The zero-order chi connectivity index (χ0) is 22.2. The molecule has 0 aromatic carbocycles. The molecule has 28 heavy (non-hydrogen) atoms. The van der Waals surface area contributed by atoms with E-state index >= 15 is 0 Å². The van der Waals surface area contributed by atoms with Gasteiger partial charge in [0.2, 0.25) is 0 Å². The van der Waals surface area contributed by atoms with Gasteiger partial charge in [0.1, 0.15) is 0 Å². The molecule has 0 aliphatic heterocycles. The molecule has 0 unspecified atom stereocenters. The van der Waals surface area contributed by atoms with Gasteiger partial charge in [0.25, 0.3) is 0 Å². The first kappa shape index (κ1) is 25.1. The predicted molar refractivity (Wildman–Crippen MR) is 118 cm³/mol. The molecule has 0 bridgehead atoms. The van der Waals surface area contributed by atoms with E-state index in [4.69, 9.17) is 10.5 Å². The van der Waals surface area contributed by atoms with E-state index in [1.165, 1.54) is 0 Å². The molecule has 5 heteroatoms. The Morgan fingerprint density at radius 1 is 1.00 bits per heavy atom. The van der Waals surface area contributed by atoms with Crippen LogP contribution >= 0.6 is 0 Å². The van der Waals surface area contributed by atoms with Crippen LogP contribution in [-0.2, 0) is 16.7 Å². The lowest BCUT2D eigenvalue weighted by Gasteiger charge is -2.49. The van der Waals surface area contributed by atoms with E-state index in [1.807, 2.05) is 4.68 Å². The first-order chi connectivity index (χ1) is 12.3. The van der Waals surface area contributed by atoms with Crippen LogP contribution in [0, 0.1) is 16.7 Å². The Kier molecular flexibility index (Phi) is 7.22. The molecular weight excluding hydrogens is 348 g/mol. The second-order valence-electron chi connectivity index (χ2n) is 11.8. The monoisotopic (exact) mass is 394 g/mol.